The number of aliphatic hydroxyl groups excluding tert-OH is 1. The van der Waals surface area contributed by atoms with Gasteiger partial charge in [-0.25, -0.2) is 9.18 Å². The molecule has 1 saturated carbocycles. The monoisotopic (exact) mass is 654 g/mol. The number of fused-ring (bicyclic) bond motifs is 1. The van der Waals surface area contributed by atoms with Crippen LogP contribution in [0.3, 0.4) is 0 Å². The molecule has 0 aromatic heterocycles. The third-order valence-electron chi connectivity index (χ3n) is 9.20. The van der Waals surface area contributed by atoms with Crippen LogP contribution in [0.5, 0.6) is 5.75 Å². The van der Waals surface area contributed by atoms with E-state index in [-0.39, 0.29) is 54.6 Å². The van der Waals surface area contributed by atoms with Gasteiger partial charge in [0.2, 0.25) is 5.91 Å². The van der Waals surface area contributed by atoms with E-state index in [2.05, 4.69) is 10.6 Å². The lowest BCUT2D eigenvalue weighted by Crippen LogP contribution is -2.48. The smallest absolute Gasteiger partial charge is 0.323 e. The van der Waals surface area contributed by atoms with Crippen molar-refractivity contribution < 1.29 is 33.4 Å². The minimum atomic E-state index is -0.555. The van der Waals surface area contributed by atoms with Crippen LogP contribution < -0.4 is 15.4 Å². The topological polar surface area (TPSA) is 120 Å². The second kappa shape index (κ2) is 17.5. The Kier molecular flexibility index (Phi) is 13.4. The van der Waals surface area contributed by atoms with Gasteiger partial charge < -0.3 is 35.0 Å². The molecule has 0 unspecified atom stereocenters. The van der Waals surface area contributed by atoms with E-state index in [1.54, 1.807) is 34.9 Å². The molecule has 258 valence electrons. The number of hydrogen-bond donors (Lipinski definition) is 3. The van der Waals surface area contributed by atoms with Gasteiger partial charge in [0.1, 0.15) is 11.6 Å². The molecule has 1 aliphatic heterocycles. The molecule has 2 aliphatic rings. The minimum Gasteiger partial charge on any atom is -0.490 e. The lowest BCUT2D eigenvalue weighted by Gasteiger charge is -2.36. The van der Waals surface area contributed by atoms with Crippen LogP contribution in [0.25, 0.3) is 0 Å². The Bertz CT molecular complexity index is 1340. The highest BCUT2D eigenvalue weighted by molar-refractivity contribution is 6.02. The Hall–Kier alpha value is -3.70. The average Bonchev–Trinajstić information content (AvgIpc) is 3.07. The fourth-order valence-electron chi connectivity index (χ4n) is 6.31. The molecule has 11 heteroatoms. The zero-order valence-electron chi connectivity index (χ0n) is 28.2. The third kappa shape index (κ3) is 10.4. The van der Waals surface area contributed by atoms with Crippen molar-refractivity contribution in [2.75, 3.05) is 44.0 Å². The van der Waals surface area contributed by atoms with E-state index in [1.165, 1.54) is 30.7 Å². The Morgan fingerprint density at radius 2 is 1.66 bits per heavy atom. The van der Waals surface area contributed by atoms with E-state index in [0.717, 1.165) is 44.9 Å². The third-order valence-corrected chi connectivity index (χ3v) is 9.20. The first-order valence-corrected chi connectivity index (χ1v) is 17.0. The molecule has 0 spiro atoms. The molecule has 3 N–H and O–H groups in total. The summed E-state index contributed by atoms with van der Waals surface area (Å²) >= 11 is 0. The molecule has 1 heterocycles. The Balaban J connectivity index is 1.58. The number of carbonyl (C=O) groups is 3. The lowest BCUT2D eigenvalue weighted by atomic mass is 9.88. The van der Waals surface area contributed by atoms with Crippen LogP contribution in [-0.2, 0) is 9.53 Å². The van der Waals surface area contributed by atoms with Crippen molar-refractivity contribution in [3.63, 3.8) is 0 Å². The van der Waals surface area contributed by atoms with E-state index < -0.39 is 17.9 Å². The fourth-order valence-corrected chi connectivity index (χ4v) is 6.31. The average molecular weight is 655 g/mol. The molecule has 0 radical (unpaired) electrons. The van der Waals surface area contributed by atoms with Crippen molar-refractivity contribution in [2.45, 2.75) is 90.4 Å². The normalized spacial score (nSPS) is 22.3. The maximum atomic E-state index is 14.3. The first kappa shape index (κ1) is 36.1. The number of urea groups is 1. The molecule has 0 bridgehead atoms. The molecule has 10 nitrogen and oxygen atoms in total. The molecular formula is C36H51FN4O6. The summed E-state index contributed by atoms with van der Waals surface area (Å²) in [5.74, 6) is -0.344. The molecule has 0 saturated heterocycles. The van der Waals surface area contributed by atoms with Crippen molar-refractivity contribution >= 4 is 29.2 Å². The number of hydrogen-bond acceptors (Lipinski definition) is 6. The van der Waals surface area contributed by atoms with Crippen LogP contribution in [0.1, 0.15) is 82.5 Å². The fraction of sp³-hybridized carbons (Fsp3) is 0.583. The summed E-state index contributed by atoms with van der Waals surface area (Å²) in [6.45, 7) is 6.71. The van der Waals surface area contributed by atoms with Gasteiger partial charge in [-0.1, -0.05) is 26.2 Å². The molecule has 4 atom stereocenters. The number of nitrogens with one attached hydrogen (secondary N) is 2. The Morgan fingerprint density at radius 3 is 2.36 bits per heavy atom. The van der Waals surface area contributed by atoms with Crippen molar-refractivity contribution in [1.82, 2.24) is 9.80 Å². The number of nitrogens with zero attached hydrogens (tertiary/aromatic N) is 2. The van der Waals surface area contributed by atoms with E-state index >= 15 is 0 Å². The van der Waals surface area contributed by atoms with E-state index in [1.807, 2.05) is 20.9 Å². The van der Waals surface area contributed by atoms with Crippen LogP contribution in [-0.4, -0.2) is 84.4 Å². The largest absolute Gasteiger partial charge is 0.490 e. The zero-order valence-corrected chi connectivity index (χ0v) is 28.2. The predicted octanol–water partition coefficient (Wildman–Crippen LogP) is 6.30. The van der Waals surface area contributed by atoms with Gasteiger partial charge in [-0.15, -0.1) is 0 Å². The standard InChI is InChI=1S/C36H51FN4O6/c1-24-21-41(25(2)23-42)35(44)31-20-30(39-36(45)38-29-15-13-28(37)14-16-29)17-18-32(31)47-26(3)10-8-9-19-46-33(24)22-40(4)34(43)27-11-6-5-7-12-27/h13-18,20,24-27,33,42H,5-12,19,21-23H2,1-4H3,(H2,38,39,45)/t24-,25-,26-,33+/m0/s1. The van der Waals surface area contributed by atoms with Gasteiger partial charge in [-0.3, -0.25) is 9.59 Å². The number of rotatable bonds is 7. The van der Waals surface area contributed by atoms with Crippen molar-refractivity contribution in [1.29, 1.82) is 0 Å². The molecule has 47 heavy (non-hydrogen) atoms. The van der Waals surface area contributed by atoms with Crippen LogP contribution in [0.4, 0.5) is 20.6 Å². The first-order chi connectivity index (χ1) is 22.5. The summed E-state index contributed by atoms with van der Waals surface area (Å²) in [6, 6.07) is 9.23. The van der Waals surface area contributed by atoms with Crippen LogP contribution in [0, 0.1) is 17.7 Å². The highest BCUT2D eigenvalue weighted by Crippen LogP contribution is 2.29. The van der Waals surface area contributed by atoms with Crippen molar-refractivity contribution in [3.8, 4) is 5.75 Å². The number of aliphatic hydroxyl groups is 1. The quantitative estimate of drug-likeness (QED) is 0.322. The summed E-state index contributed by atoms with van der Waals surface area (Å²) in [7, 11) is 1.84. The summed E-state index contributed by atoms with van der Waals surface area (Å²) < 4.78 is 26.0. The zero-order chi connectivity index (χ0) is 33.9. The van der Waals surface area contributed by atoms with Gasteiger partial charge in [0, 0.05) is 50.0 Å². The van der Waals surface area contributed by atoms with Gasteiger partial charge in [-0.2, -0.15) is 0 Å². The highest BCUT2D eigenvalue weighted by atomic mass is 19.1. The number of carbonyl (C=O) groups excluding carboxylic acids is 3. The lowest BCUT2D eigenvalue weighted by molar-refractivity contribution is -0.137. The number of anilines is 2. The second-order valence-corrected chi connectivity index (χ2v) is 13.2. The van der Waals surface area contributed by atoms with E-state index in [0.29, 0.717) is 30.3 Å². The van der Waals surface area contributed by atoms with Crippen LogP contribution in [0.15, 0.2) is 42.5 Å². The van der Waals surface area contributed by atoms with Gasteiger partial charge >= 0.3 is 6.03 Å². The summed E-state index contributed by atoms with van der Waals surface area (Å²) in [5.41, 5.74) is 1.03. The molecule has 1 fully saturated rings. The van der Waals surface area contributed by atoms with Gasteiger partial charge in [0.15, 0.2) is 0 Å². The van der Waals surface area contributed by atoms with Gasteiger partial charge in [-0.05, 0) is 88.4 Å². The van der Waals surface area contributed by atoms with Crippen LogP contribution >= 0.6 is 0 Å². The molecule has 2 aromatic rings. The summed E-state index contributed by atoms with van der Waals surface area (Å²) in [5, 5.41) is 15.6. The molecule has 4 rings (SSSR count). The van der Waals surface area contributed by atoms with Gasteiger partial charge in [0.05, 0.1) is 30.4 Å². The van der Waals surface area contributed by atoms with E-state index in [4.69, 9.17) is 9.47 Å². The maximum Gasteiger partial charge on any atom is 0.323 e. The van der Waals surface area contributed by atoms with Gasteiger partial charge in [0.25, 0.3) is 5.91 Å². The first-order valence-electron chi connectivity index (χ1n) is 17.0. The molecule has 2 aromatic carbocycles. The predicted molar refractivity (Wildman–Crippen MR) is 180 cm³/mol. The Labute approximate surface area is 278 Å². The SMILES string of the molecule is C[C@H]1CCCCO[C@H](CN(C)C(=O)C2CCCCC2)[C@@H](C)CN([C@@H](C)CO)C(=O)c2cc(NC(=O)Nc3ccc(F)cc3)ccc2O1. The van der Waals surface area contributed by atoms with E-state index in [9.17, 15) is 23.9 Å². The highest BCUT2D eigenvalue weighted by Gasteiger charge is 2.32. The molecule has 1 aliphatic carbocycles. The number of halogens is 1. The van der Waals surface area contributed by atoms with Crippen LogP contribution in [0.2, 0.25) is 0 Å². The minimum absolute atomic E-state index is 0.0496. The van der Waals surface area contributed by atoms with Crippen molar-refractivity contribution in [2.24, 2.45) is 11.8 Å². The molecule has 4 amide bonds. The number of benzene rings is 2. The second-order valence-electron chi connectivity index (χ2n) is 13.2. The Morgan fingerprint density at radius 1 is 1.00 bits per heavy atom. The summed E-state index contributed by atoms with van der Waals surface area (Å²) in [6.07, 6.45) is 7.11. The summed E-state index contributed by atoms with van der Waals surface area (Å²) in [4.78, 5) is 43.8. The van der Waals surface area contributed by atoms with Crippen molar-refractivity contribution in [3.05, 3.63) is 53.8 Å². The molecular weight excluding hydrogens is 603 g/mol. The number of likely N-dealkylation sites (N-methyl/N-ethyl adjacent to an activating group) is 1. The number of ether oxygens (including phenoxy) is 2. The number of amides is 4. The maximum absolute atomic E-state index is 14.3.